The van der Waals surface area contributed by atoms with Gasteiger partial charge in [0.2, 0.25) is 11.8 Å². The van der Waals surface area contributed by atoms with E-state index in [1.165, 1.54) is 6.92 Å². The third kappa shape index (κ3) is 4.95. The summed E-state index contributed by atoms with van der Waals surface area (Å²) < 4.78 is 0. The number of hydrogen-bond acceptors (Lipinski definition) is 2. The van der Waals surface area contributed by atoms with Gasteiger partial charge in [0.05, 0.1) is 5.92 Å². The molecule has 2 amide bonds. The molecular formula is C19H22N2O2. The molecule has 4 nitrogen and oxygen atoms in total. The van der Waals surface area contributed by atoms with Gasteiger partial charge >= 0.3 is 0 Å². The Morgan fingerprint density at radius 1 is 0.957 bits per heavy atom. The molecule has 0 heterocycles. The quantitative estimate of drug-likeness (QED) is 0.841. The van der Waals surface area contributed by atoms with Gasteiger partial charge in [-0.15, -0.1) is 0 Å². The van der Waals surface area contributed by atoms with Crippen molar-refractivity contribution in [1.29, 1.82) is 0 Å². The fraction of sp³-hybridized carbons (Fsp3) is 0.263. The zero-order chi connectivity index (χ0) is 16.7. The first-order valence-electron chi connectivity index (χ1n) is 7.83. The summed E-state index contributed by atoms with van der Waals surface area (Å²) in [7, 11) is 0. The SMILES string of the molecule is CCCC(C(=O)Nc1cccc(NC(C)=O)c1)c1ccccc1. The lowest BCUT2D eigenvalue weighted by atomic mass is 9.93. The normalized spacial score (nSPS) is 11.6. The Balaban J connectivity index is 2.14. The zero-order valence-corrected chi connectivity index (χ0v) is 13.5. The number of carbonyl (C=O) groups excluding carboxylic acids is 2. The van der Waals surface area contributed by atoms with Crippen LogP contribution in [0.25, 0.3) is 0 Å². The summed E-state index contributed by atoms with van der Waals surface area (Å²) in [5.41, 5.74) is 2.37. The number of amides is 2. The van der Waals surface area contributed by atoms with Crippen molar-refractivity contribution < 1.29 is 9.59 Å². The van der Waals surface area contributed by atoms with E-state index in [1.807, 2.05) is 36.4 Å². The van der Waals surface area contributed by atoms with Crippen LogP contribution in [0.5, 0.6) is 0 Å². The predicted molar refractivity (Wildman–Crippen MR) is 93.5 cm³/mol. The molecule has 0 aliphatic heterocycles. The standard InChI is InChI=1S/C19H22N2O2/c1-3-8-18(15-9-5-4-6-10-15)19(23)21-17-12-7-11-16(13-17)20-14(2)22/h4-7,9-13,18H,3,8H2,1-2H3,(H,20,22)(H,21,23). The summed E-state index contributed by atoms with van der Waals surface area (Å²) >= 11 is 0. The van der Waals surface area contributed by atoms with E-state index in [-0.39, 0.29) is 17.7 Å². The molecule has 1 unspecified atom stereocenters. The van der Waals surface area contributed by atoms with Crippen molar-refractivity contribution in [2.24, 2.45) is 0 Å². The molecule has 2 N–H and O–H groups in total. The highest BCUT2D eigenvalue weighted by atomic mass is 16.2. The molecular weight excluding hydrogens is 288 g/mol. The Labute approximate surface area is 136 Å². The Bertz CT molecular complexity index is 668. The molecule has 2 aromatic rings. The summed E-state index contributed by atoms with van der Waals surface area (Å²) in [5.74, 6) is -0.342. The van der Waals surface area contributed by atoms with Crippen LogP contribution in [0.4, 0.5) is 11.4 Å². The summed E-state index contributed by atoms with van der Waals surface area (Å²) in [6, 6.07) is 17.0. The minimum absolute atomic E-state index is 0.0296. The molecule has 23 heavy (non-hydrogen) atoms. The maximum atomic E-state index is 12.6. The van der Waals surface area contributed by atoms with Gasteiger partial charge in [0.1, 0.15) is 0 Å². The number of hydrogen-bond donors (Lipinski definition) is 2. The lowest BCUT2D eigenvalue weighted by Gasteiger charge is -2.17. The number of nitrogens with one attached hydrogen (secondary N) is 2. The highest BCUT2D eigenvalue weighted by Gasteiger charge is 2.19. The van der Waals surface area contributed by atoms with Crippen LogP contribution < -0.4 is 10.6 Å². The Hall–Kier alpha value is -2.62. The van der Waals surface area contributed by atoms with E-state index in [0.29, 0.717) is 11.4 Å². The number of rotatable bonds is 6. The molecule has 4 heteroatoms. The number of benzene rings is 2. The highest BCUT2D eigenvalue weighted by Crippen LogP contribution is 2.24. The smallest absolute Gasteiger partial charge is 0.231 e. The van der Waals surface area contributed by atoms with Crippen molar-refractivity contribution in [1.82, 2.24) is 0 Å². The zero-order valence-electron chi connectivity index (χ0n) is 13.5. The van der Waals surface area contributed by atoms with Gasteiger partial charge in [0.25, 0.3) is 0 Å². The molecule has 0 saturated heterocycles. The molecule has 0 bridgehead atoms. The van der Waals surface area contributed by atoms with Gasteiger partial charge in [0.15, 0.2) is 0 Å². The van der Waals surface area contributed by atoms with Crippen LogP contribution in [-0.4, -0.2) is 11.8 Å². The first kappa shape index (κ1) is 16.7. The molecule has 0 aromatic heterocycles. The van der Waals surface area contributed by atoms with Crippen molar-refractivity contribution in [2.75, 3.05) is 10.6 Å². The van der Waals surface area contributed by atoms with E-state index in [1.54, 1.807) is 18.2 Å². The topological polar surface area (TPSA) is 58.2 Å². The molecule has 1 atom stereocenters. The largest absolute Gasteiger partial charge is 0.326 e. The van der Waals surface area contributed by atoms with Crippen molar-refractivity contribution in [3.05, 3.63) is 60.2 Å². The third-order valence-corrected chi connectivity index (χ3v) is 3.55. The van der Waals surface area contributed by atoms with E-state index in [9.17, 15) is 9.59 Å². The molecule has 2 aromatic carbocycles. The minimum atomic E-state index is -0.175. The third-order valence-electron chi connectivity index (χ3n) is 3.55. The van der Waals surface area contributed by atoms with Crippen LogP contribution in [0.2, 0.25) is 0 Å². The second-order valence-corrected chi connectivity index (χ2v) is 5.50. The molecule has 0 radical (unpaired) electrons. The van der Waals surface area contributed by atoms with Crippen LogP contribution >= 0.6 is 0 Å². The van der Waals surface area contributed by atoms with E-state index in [2.05, 4.69) is 17.6 Å². The number of anilines is 2. The van der Waals surface area contributed by atoms with E-state index >= 15 is 0 Å². The monoisotopic (exact) mass is 310 g/mol. The Morgan fingerprint density at radius 2 is 1.61 bits per heavy atom. The van der Waals surface area contributed by atoms with Gasteiger partial charge in [0, 0.05) is 18.3 Å². The van der Waals surface area contributed by atoms with Crippen molar-refractivity contribution in [2.45, 2.75) is 32.6 Å². The summed E-state index contributed by atoms with van der Waals surface area (Å²) in [6.07, 6.45) is 1.72. The summed E-state index contributed by atoms with van der Waals surface area (Å²) in [5, 5.41) is 5.66. The van der Waals surface area contributed by atoms with Crippen molar-refractivity contribution >= 4 is 23.2 Å². The van der Waals surface area contributed by atoms with E-state index < -0.39 is 0 Å². The van der Waals surface area contributed by atoms with Crippen LogP contribution in [0.1, 0.15) is 38.2 Å². The molecule has 0 spiro atoms. The van der Waals surface area contributed by atoms with Crippen LogP contribution in [0.3, 0.4) is 0 Å². The second kappa shape index (κ2) is 8.13. The summed E-state index contributed by atoms with van der Waals surface area (Å²) in [6.45, 7) is 3.53. The molecule has 0 aliphatic rings. The lowest BCUT2D eigenvalue weighted by molar-refractivity contribution is -0.117. The Kier molecular flexibility index (Phi) is 5.92. The minimum Gasteiger partial charge on any atom is -0.326 e. The first-order valence-corrected chi connectivity index (χ1v) is 7.83. The van der Waals surface area contributed by atoms with Gasteiger partial charge in [-0.25, -0.2) is 0 Å². The van der Waals surface area contributed by atoms with Gasteiger partial charge in [-0.3, -0.25) is 9.59 Å². The van der Waals surface area contributed by atoms with Crippen LogP contribution in [-0.2, 0) is 9.59 Å². The van der Waals surface area contributed by atoms with Crippen molar-refractivity contribution in [3.63, 3.8) is 0 Å². The van der Waals surface area contributed by atoms with Gasteiger partial charge < -0.3 is 10.6 Å². The van der Waals surface area contributed by atoms with E-state index in [0.717, 1.165) is 18.4 Å². The highest BCUT2D eigenvalue weighted by molar-refractivity contribution is 5.97. The summed E-state index contributed by atoms with van der Waals surface area (Å²) in [4.78, 5) is 23.8. The molecule has 0 fully saturated rings. The van der Waals surface area contributed by atoms with Crippen LogP contribution in [0.15, 0.2) is 54.6 Å². The average molecular weight is 310 g/mol. The Morgan fingerprint density at radius 3 is 2.22 bits per heavy atom. The molecule has 120 valence electrons. The molecule has 2 rings (SSSR count). The van der Waals surface area contributed by atoms with E-state index in [4.69, 9.17) is 0 Å². The first-order chi connectivity index (χ1) is 11.1. The van der Waals surface area contributed by atoms with Gasteiger partial charge in [-0.2, -0.15) is 0 Å². The fourth-order valence-electron chi connectivity index (χ4n) is 2.53. The number of carbonyl (C=O) groups is 2. The average Bonchev–Trinajstić information content (AvgIpc) is 2.53. The van der Waals surface area contributed by atoms with Gasteiger partial charge in [-0.05, 0) is 30.2 Å². The van der Waals surface area contributed by atoms with Crippen LogP contribution in [0, 0.1) is 0 Å². The fourth-order valence-corrected chi connectivity index (χ4v) is 2.53. The van der Waals surface area contributed by atoms with Gasteiger partial charge in [-0.1, -0.05) is 49.7 Å². The molecule has 0 saturated carbocycles. The maximum Gasteiger partial charge on any atom is 0.231 e. The van der Waals surface area contributed by atoms with Crippen molar-refractivity contribution in [3.8, 4) is 0 Å². The molecule has 0 aliphatic carbocycles. The predicted octanol–water partition coefficient (Wildman–Crippen LogP) is 4.17. The lowest BCUT2D eigenvalue weighted by Crippen LogP contribution is -2.21. The maximum absolute atomic E-state index is 12.6. The second-order valence-electron chi connectivity index (χ2n) is 5.50.